The first-order chi connectivity index (χ1) is 13.1. The number of aliphatic carboxylic acids is 1. The van der Waals surface area contributed by atoms with Gasteiger partial charge >= 0.3 is 5.97 Å². The van der Waals surface area contributed by atoms with E-state index in [4.69, 9.17) is 5.11 Å². The molecule has 0 unspecified atom stereocenters. The van der Waals surface area contributed by atoms with Gasteiger partial charge in [-0.1, -0.05) is 61.2 Å². The summed E-state index contributed by atoms with van der Waals surface area (Å²) in [5, 5.41) is 18.5. The SMILES string of the molecule is O=C(O)C=Cc1ccc(C(=C2CCCCCCC2)c2ccc(O)cc2)cc1. The van der Waals surface area contributed by atoms with E-state index in [0.717, 1.165) is 35.6 Å². The van der Waals surface area contributed by atoms with Crippen LogP contribution in [-0.2, 0) is 4.79 Å². The van der Waals surface area contributed by atoms with Crippen LogP contribution in [-0.4, -0.2) is 16.2 Å². The van der Waals surface area contributed by atoms with Gasteiger partial charge in [0.2, 0.25) is 0 Å². The van der Waals surface area contributed by atoms with Crippen molar-refractivity contribution in [2.75, 3.05) is 0 Å². The second-order valence-electron chi connectivity index (χ2n) is 7.09. The van der Waals surface area contributed by atoms with E-state index in [1.807, 2.05) is 24.3 Å². The molecule has 1 aliphatic carbocycles. The maximum absolute atomic E-state index is 10.7. The molecule has 0 amide bonds. The van der Waals surface area contributed by atoms with Gasteiger partial charge in [-0.25, -0.2) is 4.79 Å². The topological polar surface area (TPSA) is 57.5 Å². The van der Waals surface area contributed by atoms with Crippen molar-refractivity contribution in [3.8, 4) is 5.75 Å². The number of carboxylic acid groups (broad SMARTS) is 1. The molecule has 0 aliphatic heterocycles. The van der Waals surface area contributed by atoms with Crippen molar-refractivity contribution in [3.63, 3.8) is 0 Å². The fourth-order valence-electron chi connectivity index (χ4n) is 3.71. The van der Waals surface area contributed by atoms with Gasteiger partial charge < -0.3 is 10.2 Å². The number of benzene rings is 2. The van der Waals surface area contributed by atoms with Gasteiger partial charge in [0.15, 0.2) is 0 Å². The van der Waals surface area contributed by atoms with Gasteiger partial charge in [0, 0.05) is 6.08 Å². The van der Waals surface area contributed by atoms with E-state index in [2.05, 4.69) is 12.1 Å². The van der Waals surface area contributed by atoms with Crippen LogP contribution in [0.5, 0.6) is 5.75 Å². The van der Waals surface area contributed by atoms with Crippen LogP contribution < -0.4 is 0 Å². The van der Waals surface area contributed by atoms with E-state index in [1.54, 1.807) is 18.2 Å². The van der Waals surface area contributed by atoms with Crippen molar-refractivity contribution >= 4 is 17.6 Å². The summed E-state index contributed by atoms with van der Waals surface area (Å²) in [6, 6.07) is 15.5. The van der Waals surface area contributed by atoms with Crippen molar-refractivity contribution in [1.29, 1.82) is 0 Å². The summed E-state index contributed by atoms with van der Waals surface area (Å²) in [4.78, 5) is 10.7. The number of carboxylic acids is 1. The predicted octanol–water partition coefficient (Wildman–Crippen LogP) is 6.04. The van der Waals surface area contributed by atoms with Crippen molar-refractivity contribution in [3.05, 3.63) is 76.9 Å². The second kappa shape index (κ2) is 9.22. The molecule has 1 saturated carbocycles. The number of allylic oxidation sites excluding steroid dienone is 1. The normalized spacial score (nSPS) is 15.3. The average molecular weight is 362 g/mol. The maximum atomic E-state index is 10.7. The summed E-state index contributed by atoms with van der Waals surface area (Å²) in [6.07, 6.45) is 11.3. The molecule has 1 aliphatic rings. The number of phenolic OH excluding ortho intramolecular Hbond substituents is 1. The Kier molecular flexibility index (Phi) is 6.48. The molecule has 0 bridgehead atoms. The minimum Gasteiger partial charge on any atom is -0.508 e. The largest absolute Gasteiger partial charge is 0.508 e. The molecule has 140 valence electrons. The molecule has 0 spiro atoms. The van der Waals surface area contributed by atoms with Crippen molar-refractivity contribution in [2.24, 2.45) is 0 Å². The molecule has 3 nitrogen and oxygen atoms in total. The Balaban J connectivity index is 2.01. The van der Waals surface area contributed by atoms with E-state index in [1.165, 1.54) is 43.3 Å². The van der Waals surface area contributed by atoms with Gasteiger partial charge in [0.25, 0.3) is 0 Å². The Morgan fingerprint density at radius 1 is 0.778 bits per heavy atom. The minimum atomic E-state index is -0.944. The van der Waals surface area contributed by atoms with Crippen molar-refractivity contribution in [2.45, 2.75) is 44.9 Å². The highest BCUT2D eigenvalue weighted by Gasteiger charge is 2.14. The number of hydrogen-bond acceptors (Lipinski definition) is 2. The molecule has 0 atom stereocenters. The summed E-state index contributed by atoms with van der Waals surface area (Å²) < 4.78 is 0. The Bertz CT molecular complexity index is 817. The molecule has 0 aromatic heterocycles. The average Bonchev–Trinajstić information content (AvgIpc) is 2.64. The molecule has 0 heterocycles. The molecule has 3 heteroatoms. The molecular weight excluding hydrogens is 336 g/mol. The Hall–Kier alpha value is -2.81. The van der Waals surface area contributed by atoms with Crippen LogP contribution in [0.25, 0.3) is 11.6 Å². The second-order valence-corrected chi connectivity index (χ2v) is 7.09. The maximum Gasteiger partial charge on any atom is 0.328 e. The first kappa shape index (κ1) is 19.0. The van der Waals surface area contributed by atoms with Gasteiger partial charge in [-0.3, -0.25) is 0 Å². The molecule has 2 aromatic carbocycles. The minimum absolute atomic E-state index is 0.273. The smallest absolute Gasteiger partial charge is 0.328 e. The van der Waals surface area contributed by atoms with Crippen LogP contribution in [0.1, 0.15) is 61.6 Å². The molecule has 1 fully saturated rings. The van der Waals surface area contributed by atoms with Crippen LogP contribution >= 0.6 is 0 Å². The van der Waals surface area contributed by atoms with Gasteiger partial charge in [-0.15, -0.1) is 0 Å². The molecule has 0 radical (unpaired) electrons. The highest BCUT2D eigenvalue weighted by Crippen LogP contribution is 2.34. The summed E-state index contributed by atoms with van der Waals surface area (Å²) in [7, 11) is 0. The Morgan fingerprint density at radius 3 is 1.85 bits per heavy atom. The van der Waals surface area contributed by atoms with Gasteiger partial charge in [0.1, 0.15) is 5.75 Å². The monoisotopic (exact) mass is 362 g/mol. The lowest BCUT2D eigenvalue weighted by Crippen LogP contribution is -1.99. The molecule has 2 aromatic rings. The van der Waals surface area contributed by atoms with E-state index < -0.39 is 5.97 Å². The molecule has 2 N–H and O–H groups in total. The molecule has 0 saturated heterocycles. The third-order valence-corrected chi connectivity index (χ3v) is 5.08. The third kappa shape index (κ3) is 5.33. The third-order valence-electron chi connectivity index (χ3n) is 5.08. The summed E-state index contributed by atoms with van der Waals surface area (Å²) >= 11 is 0. The zero-order valence-electron chi connectivity index (χ0n) is 15.5. The standard InChI is InChI=1S/C24H26O3/c25-22-15-13-21(14-16-22)24(19-6-4-2-1-3-5-7-19)20-11-8-18(9-12-20)10-17-23(26)27/h8-17,25H,1-7H2,(H,26,27). The number of aromatic hydroxyl groups is 1. The van der Waals surface area contributed by atoms with Gasteiger partial charge in [-0.2, -0.15) is 0 Å². The summed E-state index contributed by atoms with van der Waals surface area (Å²) in [5.74, 6) is -0.671. The number of carbonyl (C=O) groups is 1. The zero-order valence-corrected chi connectivity index (χ0v) is 15.5. The quantitative estimate of drug-likeness (QED) is 0.652. The first-order valence-corrected chi connectivity index (χ1v) is 9.66. The van der Waals surface area contributed by atoms with E-state index in [9.17, 15) is 9.90 Å². The lowest BCUT2D eigenvalue weighted by Gasteiger charge is -2.19. The molecular formula is C24H26O3. The summed E-state index contributed by atoms with van der Waals surface area (Å²) in [5.41, 5.74) is 5.87. The highest BCUT2D eigenvalue weighted by atomic mass is 16.4. The van der Waals surface area contributed by atoms with E-state index in [0.29, 0.717) is 0 Å². The number of hydrogen-bond donors (Lipinski definition) is 2. The lowest BCUT2D eigenvalue weighted by atomic mass is 9.86. The van der Waals surface area contributed by atoms with Crippen LogP contribution in [0, 0.1) is 0 Å². The van der Waals surface area contributed by atoms with E-state index in [-0.39, 0.29) is 5.75 Å². The highest BCUT2D eigenvalue weighted by molar-refractivity contribution is 5.86. The van der Waals surface area contributed by atoms with Crippen LogP contribution in [0.4, 0.5) is 0 Å². The summed E-state index contributed by atoms with van der Waals surface area (Å²) in [6.45, 7) is 0. The van der Waals surface area contributed by atoms with Crippen LogP contribution in [0.15, 0.2) is 60.2 Å². The Labute approximate surface area is 160 Å². The Morgan fingerprint density at radius 2 is 1.30 bits per heavy atom. The molecule has 3 rings (SSSR count). The van der Waals surface area contributed by atoms with Gasteiger partial charge in [0.05, 0.1) is 0 Å². The fraction of sp³-hybridized carbons (Fsp3) is 0.292. The number of phenols is 1. The molecule has 27 heavy (non-hydrogen) atoms. The van der Waals surface area contributed by atoms with Crippen molar-refractivity contribution in [1.82, 2.24) is 0 Å². The van der Waals surface area contributed by atoms with Crippen molar-refractivity contribution < 1.29 is 15.0 Å². The predicted molar refractivity (Wildman–Crippen MR) is 110 cm³/mol. The van der Waals surface area contributed by atoms with Gasteiger partial charge in [-0.05, 0) is 66.2 Å². The number of rotatable bonds is 4. The first-order valence-electron chi connectivity index (χ1n) is 9.66. The zero-order chi connectivity index (χ0) is 19.1. The van der Waals surface area contributed by atoms with Crippen LogP contribution in [0.2, 0.25) is 0 Å². The van der Waals surface area contributed by atoms with E-state index >= 15 is 0 Å². The fourth-order valence-corrected chi connectivity index (χ4v) is 3.71. The van der Waals surface area contributed by atoms with Crippen LogP contribution in [0.3, 0.4) is 0 Å². The lowest BCUT2D eigenvalue weighted by molar-refractivity contribution is -0.131.